The molecule has 62 valence electrons. The van der Waals surface area contributed by atoms with Gasteiger partial charge < -0.3 is 0 Å². The Balaban J connectivity index is 3.94. The molecule has 0 spiro atoms. The Hall–Kier alpha value is 0.0700. The third kappa shape index (κ3) is 2.77. The van der Waals surface area contributed by atoms with Crippen molar-refractivity contribution < 1.29 is 8.76 Å². The summed E-state index contributed by atoms with van der Waals surface area (Å²) in [4.78, 5) is 0. The lowest BCUT2D eigenvalue weighted by Gasteiger charge is -2.23. The quantitative estimate of drug-likeness (QED) is 0.636. The molecular formula is C6H15NO2S. The predicted molar refractivity (Wildman–Crippen MR) is 42.8 cm³/mol. The van der Waals surface area contributed by atoms with Gasteiger partial charge in [0.05, 0.1) is 0 Å². The van der Waals surface area contributed by atoms with Crippen LogP contribution < -0.4 is 0 Å². The number of nitrogens with zero attached hydrogens (tertiary/aromatic N) is 1. The topological polar surface area (TPSA) is 40.5 Å². The second kappa shape index (κ2) is 4.05. The van der Waals surface area contributed by atoms with E-state index in [1.54, 1.807) is 7.05 Å². The van der Waals surface area contributed by atoms with E-state index in [2.05, 4.69) is 0 Å². The summed E-state index contributed by atoms with van der Waals surface area (Å²) in [6.45, 7) is 5.97. The van der Waals surface area contributed by atoms with E-state index in [-0.39, 0.29) is 6.04 Å². The second-order valence-corrected chi connectivity index (χ2v) is 3.80. The molecule has 1 N–H and O–H groups in total. The maximum atomic E-state index is 10.5. The van der Waals surface area contributed by atoms with Crippen LogP contribution in [0.2, 0.25) is 0 Å². The summed E-state index contributed by atoms with van der Waals surface area (Å²) >= 11 is -1.83. The van der Waals surface area contributed by atoms with Crippen molar-refractivity contribution in [1.29, 1.82) is 0 Å². The van der Waals surface area contributed by atoms with Gasteiger partial charge in [-0.2, -0.15) is 0 Å². The molecule has 3 nitrogen and oxygen atoms in total. The Morgan fingerprint density at radius 3 is 1.90 bits per heavy atom. The van der Waals surface area contributed by atoms with E-state index in [9.17, 15) is 4.21 Å². The normalized spacial score (nSPS) is 17.9. The first-order valence-electron chi connectivity index (χ1n) is 3.30. The van der Waals surface area contributed by atoms with Gasteiger partial charge in [0.15, 0.2) is 0 Å². The summed E-state index contributed by atoms with van der Waals surface area (Å²) in [5.74, 6) is 0.404. The smallest absolute Gasteiger partial charge is 0.234 e. The summed E-state index contributed by atoms with van der Waals surface area (Å²) < 4.78 is 20.6. The van der Waals surface area contributed by atoms with E-state index in [1.807, 2.05) is 20.8 Å². The molecule has 0 aromatic heterocycles. The van der Waals surface area contributed by atoms with Crippen molar-refractivity contribution in [3.63, 3.8) is 0 Å². The lowest BCUT2D eigenvalue weighted by Crippen LogP contribution is -2.34. The van der Waals surface area contributed by atoms with Crippen LogP contribution in [0.5, 0.6) is 0 Å². The van der Waals surface area contributed by atoms with E-state index in [4.69, 9.17) is 4.55 Å². The van der Waals surface area contributed by atoms with Gasteiger partial charge in [0, 0.05) is 13.1 Å². The zero-order valence-electron chi connectivity index (χ0n) is 6.87. The maximum absolute atomic E-state index is 10.5. The highest BCUT2D eigenvalue weighted by molar-refractivity contribution is 7.76. The fraction of sp³-hybridized carbons (Fsp3) is 1.00. The van der Waals surface area contributed by atoms with Crippen molar-refractivity contribution in [2.24, 2.45) is 5.92 Å². The molecule has 0 fully saturated rings. The van der Waals surface area contributed by atoms with Crippen LogP contribution in [0.25, 0.3) is 0 Å². The number of hydrogen-bond acceptors (Lipinski definition) is 1. The third-order valence-electron chi connectivity index (χ3n) is 1.78. The van der Waals surface area contributed by atoms with E-state index >= 15 is 0 Å². The zero-order chi connectivity index (χ0) is 8.31. The van der Waals surface area contributed by atoms with Gasteiger partial charge in [-0.25, -0.2) is 8.51 Å². The Kier molecular flexibility index (Phi) is 4.08. The second-order valence-electron chi connectivity index (χ2n) is 2.76. The van der Waals surface area contributed by atoms with Crippen LogP contribution in [0.3, 0.4) is 0 Å². The molecule has 4 heteroatoms. The first-order valence-corrected chi connectivity index (χ1v) is 4.37. The number of hydrogen-bond donors (Lipinski definition) is 1. The van der Waals surface area contributed by atoms with E-state index in [1.165, 1.54) is 4.31 Å². The molecule has 0 saturated heterocycles. The number of rotatable bonds is 3. The van der Waals surface area contributed by atoms with Gasteiger partial charge in [-0.3, -0.25) is 4.55 Å². The van der Waals surface area contributed by atoms with E-state index in [0.717, 1.165) is 0 Å². The van der Waals surface area contributed by atoms with Crippen molar-refractivity contribution in [3.8, 4) is 0 Å². The molecular weight excluding hydrogens is 150 g/mol. The van der Waals surface area contributed by atoms with Gasteiger partial charge in [-0.1, -0.05) is 13.8 Å². The minimum Gasteiger partial charge on any atom is -0.294 e. The molecule has 2 atom stereocenters. The summed E-state index contributed by atoms with van der Waals surface area (Å²) in [6.07, 6.45) is 0. The lowest BCUT2D eigenvalue weighted by molar-refractivity contribution is 0.309. The Morgan fingerprint density at radius 1 is 1.40 bits per heavy atom. The lowest BCUT2D eigenvalue weighted by atomic mass is 10.1. The molecule has 0 saturated carbocycles. The van der Waals surface area contributed by atoms with Crippen molar-refractivity contribution >= 4 is 11.3 Å². The minimum atomic E-state index is -1.83. The first-order chi connectivity index (χ1) is 4.46. The summed E-state index contributed by atoms with van der Waals surface area (Å²) in [7, 11) is 1.64. The average molecular weight is 165 g/mol. The van der Waals surface area contributed by atoms with Gasteiger partial charge in [0.1, 0.15) is 0 Å². The van der Waals surface area contributed by atoms with Crippen molar-refractivity contribution in [2.45, 2.75) is 26.8 Å². The van der Waals surface area contributed by atoms with Gasteiger partial charge in [0.2, 0.25) is 11.3 Å². The fourth-order valence-electron chi connectivity index (χ4n) is 0.562. The molecule has 0 bridgehead atoms. The molecule has 0 heterocycles. The third-order valence-corrected chi connectivity index (χ3v) is 2.61. The van der Waals surface area contributed by atoms with Gasteiger partial charge in [-0.15, -0.1) is 0 Å². The van der Waals surface area contributed by atoms with E-state index in [0.29, 0.717) is 5.92 Å². The first kappa shape index (κ1) is 10.1. The Labute approximate surface area is 64.8 Å². The Morgan fingerprint density at radius 2 is 1.80 bits per heavy atom. The molecule has 0 radical (unpaired) electrons. The molecule has 0 rings (SSSR count). The van der Waals surface area contributed by atoms with Crippen LogP contribution in [0, 0.1) is 5.92 Å². The standard InChI is InChI=1S/C6H15NO2S/c1-5(2)6(3)7(4)10(8)9/h5-6H,1-4H3,(H,8,9). The van der Waals surface area contributed by atoms with Crippen LogP contribution in [0.15, 0.2) is 0 Å². The molecule has 10 heavy (non-hydrogen) atoms. The molecule has 0 aliphatic rings. The van der Waals surface area contributed by atoms with Crippen molar-refractivity contribution in [3.05, 3.63) is 0 Å². The van der Waals surface area contributed by atoms with Gasteiger partial charge >= 0.3 is 0 Å². The molecule has 2 unspecified atom stereocenters. The Bertz CT molecular complexity index is 127. The van der Waals surface area contributed by atoms with E-state index < -0.39 is 11.3 Å². The maximum Gasteiger partial charge on any atom is 0.234 e. The largest absolute Gasteiger partial charge is 0.294 e. The van der Waals surface area contributed by atoms with Crippen molar-refractivity contribution in [1.82, 2.24) is 4.31 Å². The highest BCUT2D eigenvalue weighted by Crippen LogP contribution is 2.08. The monoisotopic (exact) mass is 165 g/mol. The SMILES string of the molecule is CC(C)C(C)N(C)S(=O)O. The van der Waals surface area contributed by atoms with Gasteiger partial charge in [-0.05, 0) is 12.8 Å². The summed E-state index contributed by atoms with van der Waals surface area (Å²) in [6, 6.07) is 0.144. The van der Waals surface area contributed by atoms with Gasteiger partial charge in [0.25, 0.3) is 0 Å². The van der Waals surface area contributed by atoms with Crippen LogP contribution in [0.1, 0.15) is 20.8 Å². The van der Waals surface area contributed by atoms with Crippen LogP contribution >= 0.6 is 0 Å². The molecule has 0 amide bonds. The molecule has 0 aliphatic heterocycles. The summed E-state index contributed by atoms with van der Waals surface area (Å²) in [5.41, 5.74) is 0. The van der Waals surface area contributed by atoms with Crippen molar-refractivity contribution in [2.75, 3.05) is 7.05 Å². The summed E-state index contributed by atoms with van der Waals surface area (Å²) in [5, 5.41) is 0. The minimum absolute atomic E-state index is 0.144. The van der Waals surface area contributed by atoms with Crippen LogP contribution in [-0.2, 0) is 11.3 Å². The highest BCUT2D eigenvalue weighted by Gasteiger charge is 2.16. The zero-order valence-corrected chi connectivity index (χ0v) is 7.68. The fourth-order valence-corrected chi connectivity index (χ4v) is 1.09. The predicted octanol–water partition coefficient (Wildman–Crippen LogP) is 1.10. The molecule has 0 aromatic carbocycles. The highest BCUT2D eigenvalue weighted by atomic mass is 32.2. The van der Waals surface area contributed by atoms with Crippen LogP contribution in [0.4, 0.5) is 0 Å². The van der Waals surface area contributed by atoms with Crippen LogP contribution in [-0.4, -0.2) is 26.2 Å². The average Bonchev–Trinajstić information content (AvgIpc) is 1.84. The molecule has 0 aliphatic carbocycles. The molecule has 0 aromatic rings.